The van der Waals surface area contributed by atoms with Gasteiger partial charge in [-0.2, -0.15) is 0 Å². The number of hydrogen-bond donors (Lipinski definition) is 2. The fourth-order valence-electron chi connectivity index (χ4n) is 5.09. The quantitative estimate of drug-likeness (QED) is 0.608. The fraction of sp³-hybridized carbons (Fsp3) is 0.611. The van der Waals surface area contributed by atoms with Crippen molar-refractivity contribution in [1.82, 2.24) is 0 Å². The molecule has 2 N–H and O–H groups in total. The topological polar surface area (TPSA) is 57.5 Å². The summed E-state index contributed by atoms with van der Waals surface area (Å²) >= 11 is 0. The first-order chi connectivity index (χ1) is 9.81. The number of aromatic hydroxyl groups is 2. The average Bonchev–Trinajstić information content (AvgIpc) is 2.41. The number of carbonyl (C=O) groups excluding carboxylic acids is 1. The molecule has 2 aliphatic carbocycles. The molecule has 1 aromatic rings. The summed E-state index contributed by atoms with van der Waals surface area (Å²) in [5, 5.41) is 20.6. The van der Waals surface area contributed by atoms with E-state index in [2.05, 4.69) is 20.8 Å². The van der Waals surface area contributed by atoms with E-state index in [1.807, 2.05) is 0 Å². The highest BCUT2D eigenvalue weighted by molar-refractivity contribution is 5.82. The van der Waals surface area contributed by atoms with Gasteiger partial charge in [0.2, 0.25) is 0 Å². The minimum absolute atomic E-state index is 0.0699. The first-order valence-electron chi connectivity index (χ1n) is 7.85. The van der Waals surface area contributed by atoms with E-state index in [4.69, 9.17) is 0 Å². The Hall–Kier alpha value is -1.51. The second kappa shape index (κ2) is 4.49. The standard InChI is InChI=1S/C18H24O3/c1-17(2)7-4-8-18(3)13(17)6-5-11-9-12(10-19)15(20)16(21)14(11)18/h9-10,13,20-21H,4-8H2,1-3H3. The van der Waals surface area contributed by atoms with Gasteiger partial charge in [-0.1, -0.05) is 27.2 Å². The van der Waals surface area contributed by atoms with E-state index < -0.39 is 0 Å². The van der Waals surface area contributed by atoms with Crippen LogP contribution in [0, 0.1) is 11.3 Å². The van der Waals surface area contributed by atoms with Gasteiger partial charge in [0.05, 0.1) is 5.56 Å². The zero-order valence-corrected chi connectivity index (χ0v) is 13.1. The highest BCUT2D eigenvalue weighted by Crippen LogP contribution is 2.59. The summed E-state index contributed by atoms with van der Waals surface area (Å²) < 4.78 is 0. The molecule has 1 aromatic carbocycles. The Morgan fingerprint density at radius 1 is 1.19 bits per heavy atom. The van der Waals surface area contributed by atoms with Gasteiger partial charge in [-0.3, -0.25) is 4.79 Å². The molecule has 21 heavy (non-hydrogen) atoms. The lowest BCUT2D eigenvalue weighted by Crippen LogP contribution is -2.47. The summed E-state index contributed by atoms with van der Waals surface area (Å²) in [6, 6.07) is 1.76. The molecule has 0 saturated heterocycles. The molecule has 3 nitrogen and oxygen atoms in total. The highest BCUT2D eigenvalue weighted by Gasteiger charge is 2.51. The number of carbonyl (C=O) groups is 1. The van der Waals surface area contributed by atoms with Crippen LogP contribution in [0.15, 0.2) is 6.07 Å². The Kier molecular flexibility index (Phi) is 3.09. The van der Waals surface area contributed by atoms with Crippen LogP contribution < -0.4 is 0 Å². The van der Waals surface area contributed by atoms with Gasteiger partial charge in [0, 0.05) is 5.56 Å². The molecular weight excluding hydrogens is 264 g/mol. The summed E-state index contributed by atoms with van der Waals surface area (Å²) in [6.45, 7) is 6.85. The van der Waals surface area contributed by atoms with Crippen LogP contribution in [0.25, 0.3) is 0 Å². The third-order valence-corrected chi connectivity index (χ3v) is 6.02. The Bertz CT molecular complexity index is 603. The Morgan fingerprint density at radius 2 is 1.90 bits per heavy atom. The lowest BCUT2D eigenvalue weighted by atomic mass is 9.50. The average molecular weight is 288 g/mol. The van der Waals surface area contributed by atoms with E-state index in [0.717, 1.165) is 36.8 Å². The third kappa shape index (κ3) is 1.90. The first kappa shape index (κ1) is 14.4. The third-order valence-electron chi connectivity index (χ3n) is 6.02. The van der Waals surface area contributed by atoms with Gasteiger partial charge >= 0.3 is 0 Å². The van der Waals surface area contributed by atoms with E-state index >= 15 is 0 Å². The van der Waals surface area contributed by atoms with Crippen molar-refractivity contribution in [3.8, 4) is 11.5 Å². The molecule has 0 spiro atoms. The summed E-state index contributed by atoms with van der Waals surface area (Å²) in [7, 11) is 0. The maximum atomic E-state index is 11.1. The molecule has 3 heteroatoms. The van der Waals surface area contributed by atoms with Crippen molar-refractivity contribution in [1.29, 1.82) is 0 Å². The number of fused-ring (bicyclic) bond motifs is 3. The van der Waals surface area contributed by atoms with E-state index in [1.54, 1.807) is 6.07 Å². The second-order valence-electron chi connectivity index (χ2n) is 7.67. The predicted octanol–water partition coefficient (Wildman–Crippen LogP) is 3.94. The van der Waals surface area contributed by atoms with E-state index in [1.165, 1.54) is 6.42 Å². The largest absolute Gasteiger partial charge is 0.504 e. The number of hydrogen-bond acceptors (Lipinski definition) is 3. The Morgan fingerprint density at radius 3 is 2.57 bits per heavy atom. The second-order valence-corrected chi connectivity index (χ2v) is 7.67. The molecule has 2 atom stereocenters. The van der Waals surface area contributed by atoms with Crippen LogP contribution in [0.3, 0.4) is 0 Å². The minimum Gasteiger partial charge on any atom is -0.504 e. The summed E-state index contributed by atoms with van der Waals surface area (Å²) in [5.41, 5.74) is 2.25. The van der Waals surface area contributed by atoms with Crippen molar-refractivity contribution >= 4 is 6.29 Å². The van der Waals surface area contributed by atoms with Gasteiger partial charge in [-0.05, 0) is 54.1 Å². The van der Waals surface area contributed by atoms with Crippen LogP contribution in [0.2, 0.25) is 0 Å². The number of aldehydes is 1. The SMILES string of the molecule is CC1(C)CCCC2(C)c3c(cc(C=O)c(O)c3O)CCC12. The number of phenols is 2. The van der Waals surface area contributed by atoms with Crippen molar-refractivity contribution in [3.05, 3.63) is 22.8 Å². The minimum atomic E-state index is -0.256. The molecule has 0 bridgehead atoms. The lowest BCUT2D eigenvalue weighted by molar-refractivity contribution is 0.0389. The Balaban J connectivity index is 2.22. The predicted molar refractivity (Wildman–Crippen MR) is 82.0 cm³/mol. The first-order valence-corrected chi connectivity index (χ1v) is 7.85. The molecule has 1 fully saturated rings. The van der Waals surface area contributed by atoms with Gasteiger partial charge in [-0.15, -0.1) is 0 Å². The summed E-state index contributed by atoms with van der Waals surface area (Å²) in [5.74, 6) is 0.173. The summed E-state index contributed by atoms with van der Waals surface area (Å²) in [6.07, 6.45) is 5.94. The van der Waals surface area contributed by atoms with Crippen molar-refractivity contribution in [2.45, 2.75) is 58.3 Å². The molecule has 0 radical (unpaired) electrons. The van der Waals surface area contributed by atoms with Crippen molar-refractivity contribution in [3.63, 3.8) is 0 Å². The molecule has 2 aliphatic rings. The zero-order chi connectivity index (χ0) is 15.4. The van der Waals surface area contributed by atoms with Crippen LogP contribution in [0.4, 0.5) is 0 Å². The molecule has 1 saturated carbocycles. The van der Waals surface area contributed by atoms with Crippen LogP contribution in [0.1, 0.15) is 67.9 Å². The normalized spacial score (nSPS) is 30.3. The van der Waals surface area contributed by atoms with Crippen LogP contribution in [0.5, 0.6) is 11.5 Å². The van der Waals surface area contributed by atoms with Crippen LogP contribution >= 0.6 is 0 Å². The summed E-state index contributed by atoms with van der Waals surface area (Å²) in [4.78, 5) is 11.1. The van der Waals surface area contributed by atoms with Crippen molar-refractivity contribution in [2.24, 2.45) is 11.3 Å². The van der Waals surface area contributed by atoms with Gasteiger partial charge in [0.25, 0.3) is 0 Å². The van der Waals surface area contributed by atoms with Gasteiger partial charge in [0.1, 0.15) is 0 Å². The van der Waals surface area contributed by atoms with Crippen molar-refractivity contribution in [2.75, 3.05) is 0 Å². The zero-order valence-electron chi connectivity index (χ0n) is 13.1. The highest BCUT2D eigenvalue weighted by atomic mass is 16.3. The van der Waals surface area contributed by atoms with E-state index in [0.29, 0.717) is 12.2 Å². The van der Waals surface area contributed by atoms with E-state index in [9.17, 15) is 15.0 Å². The maximum absolute atomic E-state index is 11.1. The monoisotopic (exact) mass is 288 g/mol. The Labute approximate surface area is 126 Å². The molecule has 0 aromatic heterocycles. The number of aryl methyl sites for hydroxylation is 1. The molecule has 0 aliphatic heterocycles. The van der Waals surface area contributed by atoms with Crippen molar-refractivity contribution < 1.29 is 15.0 Å². The lowest BCUT2D eigenvalue weighted by Gasteiger charge is -2.54. The van der Waals surface area contributed by atoms with Crippen LogP contribution in [-0.4, -0.2) is 16.5 Å². The van der Waals surface area contributed by atoms with Crippen LogP contribution in [-0.2, 0) is 11.8 Å². The molecule has 0 heterocycles. The van der Waals surface area contributed by atoms with E-state index in [-0.39, 0.29) is 27.9 Å². The van der Waals surface area contributed by atoms with Gasteiger partial charge < -0.3 is 10.2 Å². The molecule has 114 valence electrons. The fourth-order valence-corrected chi connectivity index (χ4v) is 5.09. The number of benzene rings is 1. The maximum Gasteiger partial charge on any atom is 0.168 e. The number of phenolic OH excluding ortho intramolecular Hbond substituents is 2. The smallest absolute Gasteiger partial charge is 0.168 e. The molecular formula is C18H24O3. The molecule has 0 amide bonds. The number of rotatable bonds is 1. The molecule has 3 rings (SSSR count). The van der Waals surface area contributed by atoms with Gasteiger partial charge in [-0.25, -0.2) is 0 Å². The molecule has 2 unspecified atom stereocenters. The van der Waals surface area contributed by atoms with Gasteiger partial charge in [0.15, 0.2) is 17.8 Å².